The van der Waals surface area contributed by atoms with Crippen LogP contribution in [0.25, 0.3) is 22.0 Å². The summed E-state index contributed by atoms with van der Waals surface area (Å²) in [5.74, 6) is 0.0935. The number of hydrogen-bond acceptors (Lipinski definition) is 4. The van der Waals surface area contributed by atoms with E-state index in [0.29, 0.717) is 5.92 Å². The van der Waals surface area contributed by atoms with Crippen LogP contribution in [-0.2, 0) is 17.2 Å². The molecule has 0 saturated heterocycles. The van der Waals surface area contributed by atoms with Crippen molar-refractivity contribution in [2.75, 3.05) is 5.32 Å². The minimum atomic E-state index is -4.47. The maximum absolute atomic E-state index is 12.8. The third kappa shape index (κ3) is 7.77. The normalized spacial score (nSPS) is 13.8. The molecule has 0 aliphatic rings. The van der Waals surface area contributed by atoms with E-state index < -0.39 is 33.4 Å². The van der Waals surface area contributed by atoms with Crippen LogP contribution in [0.5, 0.6) is 0 Å². The second-order valence-electron chi connectivity index (χ2n) is 11.3. The third-order valence-corrected chi connectivity index (χ3v) is 8.00. The summed E-state index contributed by atoms with van der Waals surface area (Å²) in [5.41, 5.74) is 2.58. The van der Waals surface area contributed by atoms with E-state index in [9.17, 15) is 22.2 Å². The lowest BCUT2D eigenvalue weighted by atomic mass is 10.00. The van der Waals surface area contributed by atoms with Crippen molar-refractivity contribution in [3.63, 3.8) is 0 Å². The van der Waals surface area contributed by atoms with Gasteiger partial charge in [0.15, 0.2) is 0 Å². The van der Waals surface area contributed by atoms with E-state index in [-0.39, 0.29) is 17.4 Å². The van der Waals surface area contributed by atoms with Crippen LogP contribution < -0.4 is 10.0 Å². The van der Waals surface area contributed by atoms with Gasteiger partial charge < -0.3 is 5.32 Å². The maximum Gasteiger partial charge on any atom is 0.416 e. The summed E-state index contributed by atoms with van der Waals surface area (Å²) < 4.78 is 54.2. The summed E-state index contributed by atoms with van der Waals surface area (Å²) in [4.78, 5) is 21.7. The molecule has 0 aliphatic carbocycles. The zero-order valence-electron chi connectivity index (χ0n) is 23.5. The molecule has 216 valence electrons. The van der Waals surface area contributed by atoms with Crippen molar-refractivity contribution >= 4 is 33.6 Å². The van der Waals surface area contributed by atoms with Crippen LogP contribution in [0.3, 0.4) is 0 Å². The van der Waals surface area contributed by atoms with Crippen LogP contribution >= 0.6 is 0 Å². The summed E-state index contributed by atoms with van der Waals surface area (Å²) >= 11 is 0. The van der Waals surface area contributed by atoms with Crippen molar-refractivity contribution in [3.8, 4) is 11.1 Å². The van der Waals surface area contributed by atoms with E-state index in [1.165, 1.54) is 0 Å². The van der Waals surface area contributed by atoms with Crippen molar-refractivity contribution in [1.82, 2.24) is 14.7 Å². The van der Waals surface area contributed by atoms with Crippen LogP contribution in [0.2, 0.25) is 0 Å². The van der Waals surface area contributed by atoms with Gasteiger partial charge in [0.1, 0.15) is 5.82 Å². The molecule has 0 radical (unpaired) electrons. The van der Waals surface area contributed by atoms with Crippen molar-refractivity contribution < 1.29 is 22.2 Å². The Labute approximate surface area is 240 Å². The lowest BCUT2D eigenvalue weighted by molar-refractivity contribution is -0.137. The Hall–Kier alpha value is -3.63. The monoisotopic (exact) mass is 582 g/mol. The highest BCUT2D eigenvalue weighted by atomic mass is 32.2. The number of fused-ring (bicyclic) bond motifs is 1. The fourth-order valence-electron chi connectivity index (χ4n) is 4.20. The molecule has 0 bridgehead atoms. The van der Waals surface area contributed by atoms with Gasteiger partial charge >= 0.3 is 6.18 Å². The topological polar surface area (TPSA) is 84.0 Å². The summed E-state index contributed by atoms with van der Waals surface area (Å²) in [7, 11) is -1.24. The number of hydrogen-bond donors (Lipinski definition) is 2. The van der Waals surface area contributed by atoms with Gasteiger partial charge in [-0.05, 0) is 98.8 Å². The quantitative estimate of drug-likeness (QED) is 0.223. The summed E-state index contributed by atoms with van der Waals surface area (Å²) in [5, 5.41) is 3.57. The number of pyridine rings is 2. The maximum atomic E-state index is 12.8. The first-order valence-corrected chi connectivity index (χ1v) is 14.4. The SMILES string of the molecule is CC(C)CC(NS(=O)C(C)(C)C)c1ccc2cc(-c3ccnc(NC(=O)c4ccc(C(F)(F)F)cc4)c3)ccc2n1. The van der Waals surface area contributed by atoms with Crippen LogP contribution in [0.4, 0.5) is 19.0 Å². The van der Waals surface area contributed by atoms with Gasteiger partial charge in [-0.1, -0.05) is 26.0 Å². The molecule has 2 heterocycles. The average molecular weight is 583 g/mol. The highest BCUT2D eigenvalue weighted by Crippen LogP contribution is 2.30. The summed E-state index contributed by atoms with van der Waals surface area (Å²) in [6.07, 6.45) is -2.13. The van der Waals surface area contributed by atoms with Gasteiger partial charge in [-0.15, -0.1) is 0 Å². The lowest BCUT2D eigenvalue weighted by Crippen LogP contribution is -2.36. The van der Waals surface area contributed by atoms with Crippen molar-refractivity contribution in [3.05, 3.63) is 89.7 Å². The molecule has 2 N–H and O–H groups in total. The number of nitrogens with zero attached hydrogens (tertiary/aromatic N) is 2. The van der Waals surface area contributed by atoms with E-state index >= 15 is 0 Å². The molecule has 0 fully saturated rings. The van der Waals surface area contributed by atoms with Crippen LogP contribution in [0, 0.1) is 5.92 Å². The molecular formula is C31H33F3N4O2S. The molecule has 2 aromatic carbocycles. The van der Waals surface area contributed by atoms with Gasteiger partial charge in [0.05, 0.1) is 38.5 Å². The first-order chi connectivity index (χ1) is 19.2. The molecule has 10 heteroatoms. The Kier molecular flexibility index (Phi) is 8.94. The standard InChI is InChI=1S/C31H33F3N4O2S/c1-19(2)16-27(38-41(40)30(3,4)5)26-13-9-23-17-21(8-12-25(23)36-26)22-14-15-35-28(18-22)37-29(39)20-6-10-24(11-7-20)31(32,33)34/h6-15,17-19,27,38H,16H2,1-5H3,(H,35,37,39). The van der Waals surface area contributed by atoms with Crippen molar-refractivity contribution in [2.24, 2.45) is 5.92 Å². The molecule has 0 saturated carbocycles. The third-order valence-electron chi connectivity index (χ3n) is 6.39. The molecule has 0 spiro atoms. The number of aromatic nitrogens is 2. The number of alkyl halides is 3. The zero-order chi connectivity index (χ0) is 29.9. The predicted molar refractivity (Wildman–Crippen MR) is 158 cm³/mol. The van der Waals surface area contributed by atoms with Gasteiger partial charge in [0, 0.05) is 17.1 Å². The number of rotatable bonds is 8. The van der Waals surface area contributed by atoms with E-state index in [0.717, 1.165) is 58.4 Å². The first kappa shape index (κ1) is 30.3. The fourth-order valence-corrected chi connectivity index (χ4v) is 5.03. The minimum Gasteiger partial charge on any atom is -0.307 e. The van der Waals surface area contributed by atoms with E-state index in [1.807, 2.05) is 51.1 Å². The molecule has 0 aliphatic heterocycles. The molecule has 41 heavy (non-hydrogen) atoms. The number of amides is 1. The van der Waals surface area contributed by atoms with E-state index in [2.05, 4.69) is 28.9 Å². The molecule has 2 unspecified atom stereocenters. The fraction of sp³-hybridized carbons (Fsp3) is 0.323. The number of halogens is 3. The molecule has 2 aromatic heterocycles. The summed E-state index contributed by atoms with van der Waals surface area (Å²) in [6.45, 7) is 10.0. The minimum absolute atomic E-state index is 0.0920. The zero-order valence-corrected chi connectivity index (χ0v) is 24.4. The number of carbonyl (C=O) groups is 1. The molecule has 4 aromatic rings. The molecular weight excluding hydrogens is 549 g/mol. The average Bonchev–Trinajstić information content (AvgIpc) is 2.91. The van der Waals surface area contributed by atoms with E-state index in [1.54, 1.807) is 18.3 Å². The van der Waals surface area contributed by atoms with Crippen molar-refractivity contribution in [2.45, 2.75) is 58.0 Å². The van der Waals surface area contributed by atoms with Gasteiger partial charge in [-0.3, -0.25) is 9.78 Å². The Morgan fingerprint density at radius 3 is 2.24 bits per heavy atom. The van der Waals surface area contributed by atoms with Crippen LogP contribution in [0.15, 0.2) is 72.9 Å². The van der Waals surface area contributed by atoms with Gasteiger partial charge in [-0.2, -0.15) is 13.2 Å². The Morgan fingerprint density at radius 1 is 0.927 bits per heavy atom. The second kappa shape index (κ2) is 12.1. The first-order valence-electron chi connectivity index (χ1n) is 13.2. The lowest BCUT2D eigenvalue weighted by Gasteiger charge is -2.25. The van der Waals surface area contributed by atoms with Gasteiger partial charge in [-0.25, -0.2) is 13.9 Å². The highest BCUT2D eigenvalue weighted by molar-refractivity contribution is 7.84. The molecule has 1 amide bonds. The van der Waals surface area contributed by atoms with Crippen molar-refractivity contribution in [1.29, 1.82) is 0 Å². The number of anilines is 1. The second-order valence-corrected chi connectivity index (χ2v) is 13.3. The Bertz CT molecular complexity index is 1560. The Balaban J connectivity index is 1.54. The largest absolute Gasteiger partial charge is 0.416 e. The van der Waals surface area contributed by atoms with Crippen LogP contribution in [-0.4, -0.2) is 24.8 Å². The molecule has 2 atom stereocenters. The summed E-state index contributed by atoms with van der Waals surface area (Å²) in [6, 6.07) is 17.1. The Morgan fingerprint density at radius 2 is 1.61 bits per heavy atom. The van der Waals surface area contributed by atoms with Crippen LogP contribution in [0.1, 0.15) is 68.7 Å². The van der Waals surface area contributed by atoms with E-state index in [4.69, 9.17) is 4.98 Å². The number of carbonyl (C=O) groups excluding carboxylic acids is 1. The van der Waals surface area contributed by atoms with Gasteiger partial charge in [0.2, 0.25) is 0 Å². The number of benzene rings is 2. The molecule has 4 rings (SSSR count). The smallest absolute Gasteiger partial charge is 0.307 e. The van der Waals surface area contributed by atoms with Gasteiger partial charge in [0.25, 0.3) is 5.91 Å². The predicted octanol–water partition coefficient (Wildman–Crippen LogP) is 7.71. The molecule has 6 nitrogen and oxygen atoms in total. The number of nitrogens with one attached hydrogen (secondary N) is 2. The highest BCUT2D eigenvalue weighted by Gasteiger charge is 2.30.